The van der Waals surface area contributed by atoms with Crippen LogP contribution in [0, 0.1) is 18.3 Å². The molecule has 1 heterocycles. The number of benzene rings is 2. The van der Waals surface area contributed by atoms with Crippen LogP contribution in [0.3, 0.4) is 0 Å². The molecule has 4 nitrogen and oxygen atoms in total. The Bertz CT molecular complexity index is 996. The molecule has 0 aliphatic carbocycles. The molecule has 0 amide bonds. The quantitative estimate of drug-likeness (QED) is 0.726. The maximum Gasteiger partial charge on any atom is 0.192 e. The lowest BCUT2D eigenvalue weighted by molar-refractivity contribution is 0.304. The molecule has 0 saturated heterocycles. The van der Waals surface area contributed by atoms with Gasteiger partial charge in [-0.3, -0.25) is 4.79 Å². The fourth-order valence-electron chi connectivity index (χ4n) is 2.61. The van der Waals surface area contributed by atoms with Crippen molar-refractivity contribution in [1.29, 1.82) is 5.26 Å². The fraction of sp³-hybridized carbons (Fsp3) is 0.200. The van der Waals surface area contributed by atoms with Gasteiger partial charge in [0.1, 0.15) is 23.7 Å². The second-order valence-electron chi connectivity index (χ2n) is 5.60. The SMILES string of the molecule is CCc1cc(=O)c2ccc(OCc3cccc(C#N)c3)c(C)c2o1. The monoisotopic (exact) mass is 319 g/mol. The third-order valence-electron chi connectivity index (χ3n) is 3.95. The van der Waals surface area contributed by atoms with E-state index in [-0.39, 0.29) is 5.43 Å². The van der Waals surface area contributed by atoms with Gasteiger partial charge in [-0.1, -0.05) is 19.1 Å². The number of hydrogen-bond donors (Lipinski definition) is 0. The zero-order chi connectivity index (χ0) is 17.1. The largest absolute Gasteiger partial charge is 0.488 e. The Morgan fingerprint density at radius 2 is 2.04 bits per heavy atom. The van der Waals surface area contributed by atoms with Crippen LogP contribution in [-0.2, 0) is 13.0 Å². The molecule has 0 radical (unpaired) electrons. The van der Waals surface area contributed by atoms with Crippen molar-refractivity contribution in [2.75, 3.05) is 0 Å². The highest BCUT2D eigenvalue weighted by Crippen LogP contribution is 2.27. The van der Waals surface area contributed by atoms with Crippen LogP contribution >= 0.6 is 0 Å². The minimum Gasteiger partial charge on any atom is -0.488 e. The first-order valence-corrected chi connectivity index (χ1v) is 7.80. The number of nitriles is 1. The van der Waals surface area contributed by atoms with Gasteiger partial charge in [0, 0.05) is 18.1 Å². The van der Waals surface area contributed by atoms with Crippen LogP contribution in [0.2, 0.25) is 0 Å². The molecule has 0 saturated carbocycles. The molecule has 24 heavy (non-hydrogen) atoms. The summed E-state index contributed by atoms with van der Waals surface area (Å²) in [6, 6.07) is 14.5. The van der Waals surface area contributed by atoms with Gasteiger partial charge in [-0.05, 0) is 36.8 Å². The summed E-state index contributed by atoms with van der Waals surface area (Å²) in [6.07, 6.45) is 0.663. The lowest BCUT2D eigenvalue weighted by Gasteiger charge is -2.11. The maximum absolute atomic E-state index is 12.1. The molecule has 120 valence electrons. The first-order chi connectivity index (χ1) is 11.6. The van der Waals surface area contributed by atoms with Gasteiger partial charge in [0.15, 0.2) is 5.43 Å². The number of ether oxygens (including phenoxy) is 1. The smallest absolute Gasteiger partial charge is 0.192 e. The van der Waals surface area contributed by atoms with Gasteiger partial charge in [-0.15, -0.1) is 0 Å². The average molecular weight is 319 g/mol. The highest BCUT2D eigenvalue weighted by Gasteiger charge is 2.11. The molecule has 0 aliphatic heterocycles. The van der Waals surface area contributed by atoms with Crippen LogP contribution in [0.15, 0.2) is 51.7 Å². The van der Waals surface area contributed by atoms with E-state index >= 15 is 0 Å². The van der Waals surface area contributed by atoms with Crippen molar-refractivity contribution >= 4 is 11.0 Å². The molecular formula is C20H17NO3. The van der Waals surface area contributed by atoms with Crippen LogP contribution in [0.5, 0.6) is 5.75 Å². The Morgan fingerprint density at radius 1 is 1.21 bits per heavy atom. The summed E-state index contributed by atoms with van der Waals surface area (Å²) in [7, 11) is 0. The summed E-state index contributed by atoms with van der Waals surface area (Å²) >= 11 is 0. The summed E-state index contributed by atoms with van der Waals surface area (Å²) in [6.45, 7) is 4.17. The van der Waals surface area contributed by atoms with E-state index in [1.54, 1.807) is 24.3 Å². The predicted octanol–water partition coefficient (Wildman–Crippen LogP) is 4.11. The summed E-state index contributed by atoms with van der Waals surface area (Å²) in [5.74, 6) is 1.33. The van der Waals surface area contributed by atoms with Gasteiger partial charge in [-0.25, -0.2) is 0 Å². The third kappa shape index (κ3) is 3.02. The van der Waals surface area contributed by atoms with Gasteiger partial charge < -0.3 is 9.15 Å². The predicted molar refractivity (Wildman–Crippen MR) is 92.1 cm³/mol. The number of nitrogens with zero attached hydrogens (tertiary/aromatic N) is 1. The number of rotatable bonds is 4. The van der Waals surface area contributed by atoms with Gasteiger partial charge in [-0.2, -0.15) is 5.26 Å². The van der Waals surface area contributed by atoms with Crippen molar-refractivity contribution in [1.82, 2.24) is 0 Å². The minimum absolute atomic E-state index is 0.0375. The van der Waals surface area contributed by atoms with Crippen molar-refractivity contribution < 1.29 is 9.15 Å². The van der Waals surface area contributed by atoms with E-state index in [0.717, 1.165) is 11.1 Å². The molecule has 0 aliphatic rings. The number of aryl methyl sites for hydroxylation is 2. The van der Waals surface area contributed by atoms with E-state index in [0.29, 0.717) is 41.1 Å². The first-order valence-electron chi connectivity index (χ1n) is 7.80. The van der Waals surface area contributed by atoms with Crippen molar-refractivity contribution in [3.63, 3.8) is 0 Å². The minimum atomic E-state index is -0.0375. The van der Waals surface area contributed by atoms with E-state index in [2.05, 4.69) is 6.07 Å². The highest BCUT2D eigenvalue weighted by molar-refractivity contribution is 5.81. The Hall–Kier alpha value is -3.06. The molecule has 2 aromatic carbocycles. The van der Waals surface area contributed by atoms with E-state index in [1.807, 2.05) is 26.0 Å². The topological polar surface area (TPSA) is 63.2 Å². The van der Waals surface area contributed by atoms with Crippen molar-refractivity contribution in [3.8, 4) is 11.8 Å². The lowest BCUT2D eigenvalue weighted by Crippen LogP contribution is -2.04. The third-order valence-corrected chi connectivity index (χ3v) is 3.95. The van der Waals surface area contributed by atoms with Gasteiger partial charge in [0.25, 0.3) is 0 Å². The second-order valence-corrected chi connectivity index (χ2v) is 5.60. The molecule has 4 heteroatoms. The Balaban J connectivity index is 1.94. The van der Waals surface area contributed by atoms with Gasteiger partial charge in [0.2, 0.25) is 0 Å². The molecule has 0 spiro atoms. The van der Waals surface area contributed by atoms with Gasteiger partial charge in [0.05, 0.1) is 17.0 Å². The molecule has 3 rings (SSSR count). The Morgan fingerprint density at radius 3 is 2.79 bits per heavy atom. The molecule has 0 atom stereocenters. The number of hydrogen-bond acceptors (Lipinski definition) is 4. The van der Waals surface area contributed by atoms with E-state index in [1.165, 1.54) is 6.07 Å². The molecule has 0 N–H and O–H groups in total. The zero-order valence-corrected chi connectivity index (χ0v) is 13.6. The molecule has 0 unspecified atom stereocenters. The van der Waals surface area contributed by atoms with Crippen molar-refractivity contribution in [3.05, 3.63) is 75.1 Å². The van der Waals surface area contributed by atoms with Crippen LogP contribution in [0.1, 0.15) is 29.4 Å². The van der Waals surface area contributed by atoms with Crippen molar-refractivity contribution in [2.24, 2.45) is 0 Å². The van der Waals surface area contributed by atoms with Crippen LogP contribution in [-0.4, -0.2) is 0 Å². The van der Waals surface area contributed by atoms with Crippen molar-refractivity contribution in [2.45, 2.75) is 26.9 Å². The van der Waals surface area contributed by atoms with Crippen LogP contribution in [0.4, 0.5) is 0 Å². The van der Waals surface area contributed by atoms with E-state index < -0.39 is 0 Å². The summed E-state index contributed by atoms with van der Waals surface area (Å²) in [4.78, 5) is 12.1. The van der Waals surface area contributed by atoms with Gasteiger partial charge >= 0.3 is 0 Å². The van der Waals surface area contributed by atoms with Crippen LogP contribution in [0.25, 0.3) is 11.0 Å². The summed E-state index contributed by atoms with van der Waals surface area (Å²) in [5, 5.41) is 9.51. The zero-order valence-electron chi connectivity index (χ0n) is 13.6. The number of fused-ring (bicyclic) bond motifs is 1. The Labute approximate surface area is 139 Å². The van der Waals surface area contributed by atoms with Crippen LogP contribution < -0.4 is 10.2 Å². The van der Waals surface area contributed by atoms with E-state index in [9.17, 15) is 4.79 Å². The molecule has 0 fully saturated rings. The van der Waals surface area contributed by atoms with E-state index in [4.69, 9.17) is 14.4 Å². The highest BCUT2D eigenvalue weighted by atomic mass is 16.5. The molecular weight excluding hydrogens is 302 g/mol. The normalized spacial score (nSPS) is 10.5. The molecule has 0 bridgehead atoms. The first kappa shape index (κ1) is 15.8. The summed E-state index contributed by atoms with van der Waals surface area (Å²) in [5.41, 5.74) is 2.85. The second kappa shape index (κ2) is 6.59. The standard InChI is InChI=1S/C20H17NO3/c1-3-16-10-18(22)17-7-8-19(13(2)20(17)24-16)23-12-15-6-4-5-14(9-15)11-21/h4-10H,3,12H2,1-2H3. The maximum atomic E-state index is 12.1. The molecule has 1 aromatic heterocycles. The average Bonchev–Trinajstić information content (AvgIpc) is 2.61. The Kier molecular flexibility index (Phi) is 4.35. The summed E-state index contributed by atoms with van der Waals surface area (Å²) < 4.78 is 11.7. The fourth-order valence-corrected chi connectivity index (χ4v) is 2.61. The molecule has 3 aromatic rings. The lowest BCUT2D eigenvalue weighted by atomic mass is 10.1.